The van der Waals surface area contributed by atoms with Crippen LogP contribution in [0.15, 0.2) is 5.10 Å². The standard InChI is InChI=1S/C5H6F3N2/c1-10-3-2-4(9-10)5(6,7)8/h2H,3H2,1H3. The molecule has 0 saturated carbocycles. The minimum atomic E-state index is -4.29. The third kappa shape index (κ3) is 1.40. The van der Waals surface area contributed by atoms with Crippen LogP contribution in [0.4, 0.5) is 13.2 Å². The molecule has 0 aromatic rings. The molecule has 1 aliphatic rings. The van der Waals surface area contributed by atoms with Crippen molar-refractivity contribution in [3.8, 4) is 0 Å². The second-order valence-corrected chi connectivity index (χ2v) is 2.03. The van der Waals surface area contributed by atoms with Gasteiger partial charge in [0.25, 0.3) is 0 Å². The molecule has 0 aromatic heterocycles. The smallest absolute Gasteiger partial charge is 0.299 e. The van der Waals surface area contributed by atoms with Crippen LogP contribution in [0.1, 0.15) is 0 Å². The van der Waals surface area contributed by atoms with Crippen LogP contribution in [-0.4, -0.2) is 30.5 Å². The summed E-state index contributed by atoms with van der Waals surface area (Å²) in [6, 6.07) is 0. The highest BCUT2D eigenvalue weighted by molar-refractivity contribution is 5.98. The van der Waals surface area contributed by atoms with Crippen molar-refractivity contribution in [3.05, 3.63) is 6.42 Å². The van der Waals surface area contributed by atoms with Crippen LogP contribution in [0.2, 0.25) is 0 Å². The second-order valence-electron chi connectivity index (χ2n) is 2.03. The van der Waals surface area contributed by atoms with Gasteiger partial charge >= 0.3 is 6.18 Å². The molecule has 57 valence electrons. The van der Waals surface area contributed by atoms with Gasteiger partial charge in [0.1, 0.15) is 5.71 Å². The summed E-state index contributed by atoms with van der Waals surface area (Å²) < 4.78 is 35.2. The van der Waals surface area contributed by atoms with Gasteiger partial charge in [-0.25, -0.2) is 0 Å². The lowest BCUT2D eigenvalue weighted by molar-refractivity contribution is -0.0585. The predicted molar refractivity (Wildman–Crippen MR) is 30.4 cm³/mol. The fourth-order valence-corrected chi connectivity index (χ4v) is 0.657. The Hall–Kier alpha value is -0.740. The van der Waals surface area contributed by atoms with Crippen molar-refractivity contribution in [1.82, 2.24) is 5.01 Å². The van der Waals surface area contributed by atoms with Gasteiger partial charge in [0.15, 0.2) is 0 Å². The zero-order valence-electron chi connectivity index (χ0n) is 5.31. The van der Waals surface area contributed by atoms with Crippen molar-refractivity contribution in [1.29, 1.82) is 0 Å². The summed E-state index contributed by atoms with van der Waals surface area (Å²) in [6.07, 6.45) is -3.23. The molecule has 0 unspecified atom stereocenters. The van der Waals surface area contributed by atoms with E-state index in [1.165, 1.54) is 12.1 Å². The molecule has 5 heteroatoms. The van der Waals surface area contributed by atoms with E-state index in [0.717, 1.165) is 6.42 Å². The number of halogens is 3. The summed E-state index contributed by atoms with van der Waals surface area (Å²) in [7, 11) is 1.50. The molecule has 0 atom stereocenters. The Morgan fingerprint density at radius 1 is 1.60 bits per heavy atom. The van der Waals surface area contributed by atoms with Crippen molar-refractivity contribution in [3.63, 3.8) is 0 Å². The van der Waals surface area contributed by atoms with E-state index in [1.54, 1.807) is 0 Å². The minimum absolute atomic E-state index is 0.245. The Morgan fingerprint density at radius 3 is 2.40 bits per heavy atom. The molecule has 1 rings (SSSR count). The number of nitrogens with zero attached hydrogens (tertiary/aromatic N) is 2. The highest BCUT2D eigenvalue weighted by Crippen LogP contribution is 2.22. The number of hydrazone groups is 1. The molecule has 1 heterocycles. The molecule has 0 bridgehead atoms. The van der Waals surface area contributed by atoms with Crippen LogP contribution >= 0.6 is 0 Å². The van der Waals surface area contributed by atoms with Gasteiger partial charge < -0.3 is 0 Å². The zero-order chi connectivity index (χ0) is 7.78. The molecular weight excluding hydrogens is 145 g/mol. The van der Waals surface area contributed by atoms with Crippen molar-refractivity contribution in [2.45, 2.75) is 6.18 Å². The van der Waals surface area contributed by atoms with Gasteiger partial charge in [0.05, 0.1) is 0 Å². The maximum Gasteiger partial charge on any atom is 0.431 e. The fourth-order valence-electron chi connectivity index (χ4n) is 0.657. The molecule has 2 nitrogen and oxygen atoms in total. The molecule has 0 aliphatic carbocycles. The maximum absolute atomic E-state index is 11.7. The van der Waals surface area contributed by atoms with Crippen molar-refractivity contribution in [2.24, 2.45) is 5.10 Å². The highest BCUT2D eigenvalue weighted by atomic mass is 19.4. The average Bonchev–Trinajstić information content (AvgIpc) is 2.11. The monoisotopic (exact) mass is 151 g/mol. The van der Waals surface area contributed by atoms with E-state index < -0.39 is 11.9 Å². The molecule has 0 spiro atoms. The Kier molecular flexibility index (Phi) is 1.58. The summed E-state index contributed by atoms with van der Waals surface area (Å²) in [5.74, 6) is 0. The number of alkyl halides is 3. The third-order valence-corrected chi connectivity index (χ3v) is 1.12. The van der Waals surface area contributed by atoms with Gasteiger partial charge in [-0.05, 0) is 0 Å². The molecule has 0 N–H and O–H groups in total. The van der Waals surface area contributed by atoms with Crippen LogP contribution in [0.5, 0.6) is 0 Å². The minimum Gasteiger partial charge on any atom is -0.299 e. The summed E-state index contributed by atoms with van der Waals surface area (Å²) in [5.41, 5.74) is -0.796. The van der Waals surface area contributed by atoms with E-state index in [1.807, 2.05) is 0 Å². The highest BCUT2D eigenvalue weighted by Gasteiger charge is 2.38. The molecule has 1 aliphatic heterocycles. The van der Waals surface area contributed by atoms with Crippen molar-refractivity contribution in [2.75, 3.05) is 13.6 Å². The van der Waals surface area contributed by atoms with Crippen molar-refractivity contribution >= 4 is 5.71 Å². The van der Waals surface area contributed by atoms with E-state index in [4.69, 9.17) is 0 Å². The molecule has 0 aromatic carbocycles. The molecule has 1 radical (unpaired) electrons. The van der Waals surface area contributed by atoms with E-state index in [2.05, 4.69) is 5.10 Å². The van der Waals surface area contributed by atoms with E-state index in [-0.39, 0.29) is 6.54 Å². The number of hydrogen-bond acceptors (Lipinski definition) is 2. The second kappa shape index (κ2) is 2.14. The van der Waals surface area contributed by atoms with Crippen LogP contribution in [-0.2, 0) is 0 Å². The predicted octanol–water partition coefficient (Wildman–Crippen LogP) is 1.05. The molecule has 0 saturated heterocycles. The van der Waals surface area contributed by atoms with Crippen molar-refractivity contribution < 1.29 is 13.2 Å². The first kappa shape index (κ1) is 7.37. The Bertz CT molecular complexity index is 161. The first-order chi connectivity index (χ1) is 4.50. The van der Waals surface area contributed by atoms with E-state index in [9.17, 15) is 13.2 Å². The Balaban J connectivity index is 2.67. The van der Waals surface area contributed by atoms with Gasteiger partial charge in [0.2, 0.25) is 0 Å². The molecular formula is C5H6F3N2. The molecule has 0 fully saturated rings. The first-order valence-corrected chi connectivity index (χ1v) is 2.70. The summed E-state index contributed by atoms with van der Waals surface area (Å²) in [4.78, 5) is 0. The van der Waals surface area contributed by atoms with Gasteiger partial charge in [-0.15, -0.1) is 0 Å². The summed E-state index contributed by atoms with van der Waals surface area (Å²) in [5, 5.41) is 4.47. The van der Waals surface area contributed by atoms with Gasteiger partial charge in [0, 0.05) is 20.0 Å². The fraction of sp³-hybridized carbons (Fsp3) is 0.600. The Labute approximate surface area is 56.3 Å². The summed E-state index contributed by atoms with van der Waals surface area (Å²) >= 11 is 0. The molecule has 10 heavy (non-hydrogen) atoms. The van der Waals surface area contributed by atoms with Crippen LogP contribution < -0.4 is 0 Å². The first-order valence-electron chi connectivity index (χ1n) is 2.70. The lowest BCUT2D eigenvalue weighted by atomic mass is 10.3. The normalized spacial score (nSPS) is 19.6. The van der Waals surface area contributed by atoms with Gasteiger partial charge in [-0.3, -0.25) is 5.01 Å². The van der Waals surface area contributed by atoms with E-state index in [0.29, 0.717) is 0 Å². The van der Waals surface area contributed by atoms with E-state index >= 15 is 0 Å². The lowest BCUT2D eigenvalue weighted by Gasteiger charge is -2.02. The largest absolute Gasteiger partial charge is 0.431 e. The third-order valence-electron chi connectivity index (χ3n) is 1.12. The van der Waals surface area contributed by atoms with Crippen LogP contribution in [0, 0.1) is 6.42 Å². The van der Waals surface area contributed by atoms with Crippen LogP contribution in [0.3, 0.4) is 0 Å². The summed E-state index contributed by atoms with van der Waals surface area (Å²) in [6.45, 7) is 0.245. The zero-order valence-corrected chi connectivity index (χ0v) is 5.31. The van der Waals surface area contributed by atoms with Gasteiger partial charge in [-0.1, -0.05) is 0 Å². The lowest BCUT2D eigenvalue weighted by Crippen LogP contribution is -2.21. The van der Waals surface area contributed by atoms with Gasteiger partial charge in [-0.2, -0.15) is 18.3 Å². The average molecular weight is 151 g/mol. The molecule has 0 amide bonds. The quantitative estimate of drug-likeness (QED) is 0.505. The van der Waals surface area contributed by atoms with Crippen LogP contribution in [0.25, 0.3) is 0 Å². The SMILES string of the molecule is CN1C[CH]C(C(F)(F)F)=N1. The maximum atomic E-state index is 11.7. The number of rotatable bonds is 0. The topological polar surface area (TPSA) is 15.6 Å². The number of hydrogen-bond donors (Lipinski definition) is 0. The Morgan fingerprint density at radius 2 is 2.20 bits per heavy atom.